The maximum atomic E-state index is 12.9. The Morgan fingerprint density at radius 3 is 2.30 bits per heavy atom. The van der Waals surface area contributed by atoms with Crippen molar-refractivity contribution in [1.29, 1.82) is 0 Å². The quantitative estimate of drug-likeness (QED) is 0.416. The second kappa shape index (κ2) is 10.5. The second-order valence-electron chi connectivity index (χ2n) is 6.70. The number of ether oxygens (including phenoxy) is 1. The summed E-state index contributed by atoms with van der Waals surface area (Å²) in [6.45, 7) is 2.15. The van der Waals surface area contributed by atoms with E-state index in [0.717, 1.165) is 5.56 Å². The fraction of sp³-hybridized carbons (Fsp3) is 0.208. The number of rotatable bonds is 9. The molecule has 0 aliphatic heterocycles. The molecule has 1 N–H and O–H groups in total. The number of carbonyl (C=O) groups excluding carboxylic acids is 3. The summed E-state index contributed by atoms with van der Waals surface area (Å²) in [7, 11) is 0. The van der Waals surface area contributed by atoms with E-state index in [4.69, 9.17) is 4.74 Å². The molecule has 0 bridgehead atoms. The van der Waals surface area contributed by atoms with Crippen LogP contribution in [0.3, 0.4) is 0 Å². The van der Waals surface area contributed by atoms with Gasteiger partial charge in [-0.3, -0.25) is 14.4 Å². The van der Waals surface area contributed by atoms with Crippen molar-refractivity contribution in [3.63, 3.8) is 0 Å². The van der Waals surface area contributed by atoms with Gasteiger partial charge in [0.25, 0.3) is 5.91 Å². The number of benzene rings is 2. The normalized spacial score (nSPS) is 11.5. The zero-order valence-corrected chi connectivity index (χ0v) is 17.5. The van der Waals surface area contributed by atoms with Crippen LogP contribution in [0.5, 0.6) is 0 Å². The van der Waals surface area contributed by atoms with Crippen LogP contribution < -0.4 is 5.32 Å². The number of esters is 1. The molecule has 1 unspecified atom stereocenters. The molecule has 1 amide bonds. The highest BCUT2D eigenvalue weighted by Gasteiger charge is 2.23. The molecule has 1 aromatic heterocycles. The maximum Gasteiger partial charge on any atom is 0.311 e. The van der Waals surface area contributed by atoms with Gasteiger partial charge in [-0.05, 0) is 36.4 Å². The van der Waals surface area contributed by atoms with Crippen LogP contribution in [0.1, 0.15) is 38.1 Å². The minimum atomic E-state index is -0.517. The van der Waals surface area contributed by atoms with Crippen LogP contribution in [0, 0.1) is 5.92 Å². The highest BCUT2D eigenvalue weighted by atomic mass is 32.1. The Morgan fingerprint density at radius 1 is 0.933 bits per heavy atom. The summed E-state index contributed by atoms with van der Waals surface area (Å²) in [6, 6.07) is 19.8. The molecule has 1 atom stereocenters. The lowest BCUT2D eigenvalue weighted by Gasteiger charge is -2.17. The van der Waals surface area contributed by atoms with Gasteiger partial charge >= 0.3 is 5.97 Å². The third-order valence-corrected chi connectivity index (χ3v) is 5.48. The number of thiophene rings is 1. The van der Waals surface area contributed by atoms with Gasteiger partial charge in [-0.25, -0.2) is 0 Å². The molecule has 0 fully saturated rings. The average Bonchev–Trinajstić information content (AvgIpc) is 3.31. The van der Waals surface area contributed by atoms with Gasteiger partial charge in [0.05, 0.1) is 23.0 Å². The van der Waals surface area contributed by atoms with E-state index in [0.29, 0.717) is 22.4 Å². The molecule has 0 saturated heterocycles. The summed E-state index contributed by atoms with van der Waals surface area (Å²) in [4.78, 5) is 38.6. The Balaban J connectivity index is 1.74. The summed E-state index contributed by atoms with van der Waals surface area (Å²) in [6.07, 6.45) is 0.454. The SMILES string of the molecule is CCOC(=O)C(CNC(=O)c1ccccc1C(=O)c1cccs1)Cc1ccccc1. The van der Waals surface area contributed by atoms with Crippen LogP contribution >= 0.6 is 11.3 Å². The van der Waals surface area contributed by atoms with Crippen molar-refractivity contribution in [3.05, 3.63) is 93.7 Å². The van der Waals surface area contributed by atoms with Gasteiger partial charge in [-0.2, -0.15) is 0 Å². The zero-order valence-electron chi connectivity index (χ0n) is 16.7. The van der Waals surface area contributed by atoms with Crippen molar-refractivity contribution in [1.82, 2.24) is 5.32 Å². The van der Waals surface area contributed by atoms with Crippen LogP contribution in [0.2, 0.25) is 0 Å². The van der Waals surface area contributed by atoms with Gasteiger partial charge in [0.1, 0.15) is 0 Å². The van der Waals surface area contributed by atoms with E-state index in [-0.39, 0.29) is 24.9 Å². The zero-order chi connectivity index (χ0) is 21.3. The van der Waals surface area contributed by atoms with Crippen molar-refractivity contribution >= 4 is 29.0 Å². The lowest BCUT2D eigenvalue weighted by atomic mass is 9.98. The fourth-order valence-corrected chi connectivity index (χ4v) is 3.81. The molecule has 0 aliphatic carbocycles. The van der Waals surface area contributed by atoms with E-state index in [1.165, 1.54) is 11.3 Å². The summed E-state index contributed by atoms with van der Waals surface area (Å²) in [5, 5.41) is 4.63. The average molecular weight is 422 g/mol. The first-order valence-corrected chi connectivity index (χ1v) is 10.6. The predicted octanol–water partition coefficient (Wildman–Crippen LogP) is 4.13. The maximum absolute atomic E-state index is 12.9. The van der Waals surface area contributed by atoms with E-state index < -0.39 is 11.8 Å². The summed E-state index contributed by atoms with van der Waals surface area (Å²) in [5.74, 6) is -1.46. The van der Waals surface area contributed by atoms with Crippen molar-refractivity contribution < 1.29 is 19.1 Å². The number of carbonyl (C=O) groups is 3. The smallest absolute Gasteiger partial charge is 0.311 e. The van der Waals surface area contributed by atoms with Crippen molar-refractivity contribution in [3.8, 4) is 0 Å². The first-order chi connectivity index (χ1) is 14.6. The Hall–Kier alpha value is -3.25. The van der Waals surface area contributed by atoms with E-state index in [1.807, 2.05) is 35.7 Å². The highest BCUT2D eigenvalue weighted by Crippen LogP contribution is 2.19. The number of amides is 1. The fourth-order valence-electron chi connectivity index (χ4n) is 3.13. The summed E-state index contributed by atoms with van der Waals surface area (Å²) in [5.41, 5.74) is 1.62. The minimum absolute atomic E-state index is 0.119. The lowest BCUT2D eigenvalue weighted by Crippen LogP contribution is -2.35. The van der Waals surface area contributed by atoms with Crippen LogP contribution in [-0.4, -0.2) is 30.8 Å². The Bertz CT molecular complexity index is 999. The lowest BCUT2D eigenvalue weighted by molar-refractivity contribution is -0.147. The molecule has 2 aromatic carbocycles. The largest absolute Gasteiger partial charge is 0.466 e. The van der Waals surface area contributed by atoms with Gasteiger partial charge in [0.2, 0.25) is 5.78 Å². The Labute approximate surface area is 179 Å². The molecule has 3 aromatic rings. The first-order valence-electron chi connectivity index (χ1n) is 9.76. The van der Waals surface area contributed by atoms with Gasteiger partial charge in [0.15, 0.2) is 0 Å². The van der Waals surface area contributed by atoms with Crippen LogP contribution in [0.25, 0.3) is 0 Å². The predicted molar refractivity (Wildman–Crippen MR) is 117 cm³/mol. The number of hydrogen-bond donors (Lipinski definition) is 1. The number of ketones is 1. The molecule has 0 aliphatic rings. The highest BCUT2D eigenvalue weighted by molar-refractivity contribution is 7.12. The van der Waals surface area contributed by atoms with Crippen LogP contribution in [0.15, 0.2) is 72.1 Å². The van der Waals surface area contributed by atoms with Gasteiger partial charge < -0.3 is 10.1 Å². The Morgan fingerprint density at radius 2 is 1.63 bits per heavy atom. The first kappa shape index (κ1) is 21.5. The number of nitrogens with one attached hydrogen (secondary N) is 1. The van der Waals surface area contributed by atoms with E-state index in [2.05, 4.69) is 5.32 Å². The van der Waals surface area contributed by atoms with Crippen LogP contribution in [-0.2, 0) is 16.0 Å². The van der Waals surface area contributed by atoms with Crippen molar-refractivity contribution in [2.45, 2.75) is 13.3 Å². The molecule has 154 valence electrons. The van der Waals surface area contributed by atoms with E-state index in [9.17, 15) is 14.4 Å². The molecule has 6 heteroatoms. The monoisotopic (exact) mass is 421 g/mol. The Kier molecular flexibility index (Phi) is 7.51. The number of hydrogen-bond acceptors (Lipinski definition) is 5. The standard InChI is InChI=1S/C24H23NO4S/c1-2-29-24(28)18(15-17-9-4-3-5-10-17)16-25-23(27)20-12-7-6-11-19(20)22(26)21-13-8-14-30-21/h3-14,18H,2,15-16H2,1H3,(H,25,27). The van der Waals surface area contributed by atoms with Gasteiger partial charge in [-0.15, -0.1) is 11.3 Å². The second-order valence-corrected chi connectivity index (χ2v) is 7.65. The summed E-state index contributed by atoms with van der Waals surface area (Å²) >= 11 is 1.33. The van der Waals surface area contributed by atoms with Gasteiger partial charge in [-0.1, -0.05) is 54.6 Å². The molecular formula is C24H23NO4S. The van der Waals surface area contributed by atoms with Gasteiger partial charge in [0, 0.05) is 12.1 Å². The molecule has 0 radical (unpaired) electrons. The topological polar surface area (TPSA) is 72.5 Å². The molecule has 0 saturated carbocycles. The molecule has 5 nitrogen and oxygen atoms in total. The third kappa shape index (κ3) is 5.42. The molecule has 0 spiro atoms. The molecule has 1 heterocycles. The molecular weight excluding hydrogens is 398 g/mol. The third-order valence-electron chi connectivity index (χ3n) is 4.62. The van der Waals surface area contributed by atoms with Crippen molar-refractivity contribution in [2.24, 2.45) is 5.92 Å². The van der Waals surface area contributed by atoms with Crippen molar-refractivity contribution in [2.75, 3.05) is 13.2 Å². The van der Waals surface area contributed by atoms with Crippen LogP contribution in [0.4, 0.5) is 0 Å². The molecule has 3 rings (SSSR count). The summed E-state index contributed by atoms with van der Waals surface area (Å²) < 4.78 is 5.18. The van der Waals surface area contributed by atoms with E-state index >= 15 is 0 Å². The van der Waals surface area contributed by atoms with E-state index in [1.54, 1.807) is 43.3 Å². The molecule has 30 heavy (non-hydrogen) atoms. The minimum Gasteiger partial charge on any atom is -0.466 e.